The van der Waals surface area contributed by atoms with Gasteiger partial charge in [0.05, 0.1) is 23.9 Å². The van der Waals surface area contributed by atoms with Gasteiger partial charge in [-0.1, -0.05) is 23.7 Å². The van der Waals surface area contributed by atoms with Gasteiger partial charge in [0.15, 0.2) is 5.65 Å². The molecule has 2 aromatic heterocycles. The van der Waals surface area contributed by atoms with Crippen LogP contribution in [0.3, 0.4) is 0 Å². The Bertz CT molecular complexity index is 1180. The second kappa shape index (κ2) is 6.93. The molecule has 3 N–H and O–H groups in total. The van der Waals surface area contributed by atoms with Crippen LogP contribution in [-0.2, 0) is 0 Å². The Kier molecular flexibility index (Phi) is 4.24. The van der Waals surface area contributed by atoms with Crippen molar-refractivity contribution in [3.8, 4) is 22.7 Å². The summed E-state index contributed by atoms with van der Waals surface area (Å²) in [6.07, 6.45) is 2.25. The molecule has 0 amide bonds. The van der Waals surface area contributed by atoms with Crippen molar-refractivity contribution < 1.29 is 4.74 Å². The van der Waals surface area contributed by atoms with Crippen LogP contribution in [0.2, 0.25) is 5.02 Å². The first-order chi connectivity index (χ1) is 14.1. The van der Waals surface area contributed by atoms with Crippen molar-refractivity contribution in [3.05, 3.63) is 53.6 Å². The summed E-state index contributed by atoms with van der Waals surface area (Å²) in [7, 11) is 1.63. The summed E-state index contributed by atoms with van der Waals surface area (Å²) in [5, 5.41) is 9.40. The summed E-state index contributed by atoms with van der Waals surface area (Å²) in [4.78, 5) is 9.37. The lowest BCUT2D eigenvalue weighted by Crippen LogP contribution is -2.06. The van der Waals surface area contributed by atoms with Gasteiger partial charge in [-0.15, -0.1) is 5.10 Å². The van der Waals surface area contributed by atoms with Crippen LogP contribution in [0.15, 0.2) is 48.5 Å². The highest BCUT2D eigenvalue weighted by Gasteiger charge is 2.24. The van der Waals surface area contributed by atoms with Crippen LogP contribution in [0.4, 0.5) is 11.8 Å². The molecule has 0 saturated heterocycles. The van der Waals surface area contributed by atoms with Crippen LogP contribution >= 0.6 is 11.6 Å². The van der Waals surface area contributed by atoms with E-state index in [0.29, 0.717) is 33.9 Å². The third kappa shape index (κ3) is 3.34. The van der Waals surface area contributed by atoms with Gasteiger partial charge in [0.1, 0.15) is 11.6 Å². The maximum atomic E-state index is 6.52. The van der Waals surface area contributed by atoms with Gasteiger partial charge < -0.3 is 15.8 Å². The zero-order valence-electron chi connectivity index (χ0n) is 15.8. The minimum atomic E-state index is 0.423. The summed E-state index contributed by atoms with van der Waals surface area (Å²) in [6.45, 7) is 0. The Labute approximate surface area is 172 Å². The van der Waals surface area contributed by atoms with Crippen LogP contribution in [0, 0.1) is 0 Å². The Hall–Kier alpha value is -3.32. The smallest absolute Gasteiger partial charge is 0.225 e. The third-order valence-corrected chi connectivity index (χ3v) is 5.17. The minimum absolute atomic E-state index is 0.423. The maximum Gasteiger partial charge on any atom is 0.225 e. The number of aromatic nitrogens is 4. The monoisotopic (exact) mass is 406 g/mol. The van der Waals surface area contributed by atoms with E-state index >= 15 is 0 Å². The first kappa shape index (κ1) is 17.8. The van der Waals surface area contributed by atoms with Crippen molar-refractivity contribution in [2.45, 2.75) is 18.9 Å². The summed E-state index contributed by atoms with van der Waals surface area (Å²) < 4.78 is 6.92. The highest BCUT2D eigenvalue weighted by atomic mass is 35.5. The summed E-state index contributed by atoms with van der Waals surface area (Å²) >= 11 is 6.07. The van der Waals surface area contributed by atoms with Crippen molar-refractivity contribution in [2.75, 3.05) is 18.2 Å². The molecule has 5 rings (SSSR count). The number of nitrogen functional groups attached to an aromatic ring is 1. The van der Waals surface area contributed by atoms with Gasteiger partial charge in [-0.05, 0) is 49.2 Å². The van der Waals surface area contributed by atoms with Crippen molar-refractivity contribution in [1.29, 1.82) is 0 Å². The first-order valence-electron chi connectivity index (χ1n) is 9.35. The number of nitrogens with one attached hydrogen (secondary N) is 1. The lowest BCUT2D eigenvalue weighted by atomic mass is 10.1. The van der Waals surface area contributed by atoms with Crippen LogP contribution in [0.25, 0.3) is 28.0 Å². The Morgan fingerprint density at radius 2 is 1.79 bits per heavy atom. The molecule has 1 fully saturated rings. The van der Waals surface area contributed by atoms with E-state index in [4.69, 9.17) is 27.1 Å². The van der Waals surface area contributed by atoms with E-state index in [0.717, 1.165) is 35.5 Å². The van der Waals surface area contributed by atoms with Crippen LogP contribution in [0.5, 0.6) is 5.75 Å². The molecule has 1 aliphatic rings. The highest BCUT2D eigenvalue weighted by Crippen LogP contribution is 2.34. The van der Waals surface area contributed by atoms with E-state index in [-0.39, 0.29) is 0 Å². The average molecular weight is 407 g/mol. The van der Waals surface area contributed by atoms with Crippen molar-refractivity contribution >= 4 is 34.4 Å². The summed E-state index contributed by atoms with van der Waals surface area (Å²) in [5.74, 6) is 1.80. The SMILES string of the molecule is COc1ccc(-n2nc3nc(NC4CC4)nc(-c4ccc(Cl)cc4)c3c2N)cc1. The number of methoxy groups -OCH3 is 1. The molecule has 0 spiro atoms. The second-order valence-electron chi connectivity index (χ2n) is 7.02. The zero-order valence-corrected chi connectivity index (χ0v) is 16.5. The molecule has 1 saturated carbocycles. The Balaban J connectivity index is 1.70. The number of nitrogens with two attached hydrogens (primary N) is 1. The molecular weight excluding hydrogens is 388 g/mol. The minimum Gasteiger partial charge on any atom is -0.497 e. The number of hydrogen-bond donors (Lipinski definition) is 2. The average Bonchev–Trinajstić information content (AvgIpc) is 3.49. The molecule has 0 bridgehead atoms. The van der Waals surface area contributed by atoms with Crippen LogP contribution in [-0.4, -0.2) is 32.9 Å². The van der Waals surface area contributed by atoms with Gasteiger partial charge in [-0.3, -0.25) is 0 Å². The van der Waals surface area contributed by atoms with Crippen molar-refractivity contribution in [3.63, 3.8) is 0 Å². The largest absolute Gasteiger partial charge is 0.497 e. The van der Waals surface area contributed by atoms with E-state index in [1.54, 1.807) is 11.8 Å². The predicted molar refractivity (Wildman–Crippen MR) is 115 cm³/mol. The number of anilines is 2. The van der Waals surface area contributed by atoms with Gasteiger partial charge in [0.25, 0.3) is 0 Å². The van der Waals surface area contributed by atoms with Crippen LogP contribution < -0.4 is 15.8 Å². The number of benzene rings is 2. The highest BCUT2D eigenvalue weighted by molar-refractivity contribution is 6.30. The fourth-order valence-electron chi connectivity index (χ4n) is 3.22. The zero-order chi connectivity index (χ0) is 20.0. The number of halogens is 1. The van der Waals surface area contributed by atoms with Crippen LogP contribution in [0.1, 0.15) is 12.8 Å². The number of ether oxygens (including phenoxy) is 1. The second-order valence-corrected chi connectivity index (χ2v) is 7.45. The third-order valence-electron chi connectivity index (χ3n) is 4.91. The molecule has 29 heavy (non-hydrogen) atoms. The lowest BCUT2D eigenvalue weighted by Gasteiger charge is -2.08. The molecule has 0 atom stereocenters. The molecule has 1 aliphatic carbocycles. The number of fused-ring (bicyclic) bond motifs is 1. The Morgan fingerprint density at radius 1 is 1.07 bits per heavy atom. The molecule has 2 heterocycles. The summed E-state index contributed by atoms with van der Waals surface area (Å²) in [6, 6.07) is 15.5. The molecule has 8 heteroatoms. The fraction of sp³-hybridized carbons (Fsp3) is 0.190. The van der Waals surface area contributed by atoms with Crippen molar-refractivity contribution in [1.82, 2.24) is 19.7 Å². The molecule has 0 radical (unpaired) electrons. The molecule has 2 aromatic carbocycles. The quantitative estimate of drug-likeness (QED) is 0.513. The van der Waals surface area contributed by atoms with Gasteiger partial charge >= 0.3 is 0 Å². The van der Waals surface area contributed by atoms with E-state index in [1.165, 1.54) is 0 Å². The fourth-order valence-corrected chi connectivity index (χ4v) is 3.35. The number of hydrogen-bond acceptors (Lipinski definition) is 6. The molecular formula is C21H19ClN6O. The standard InChI is InChI=1S/C21H19ClN6O/c1-29-16-10-8-15(9-11-16)28-19(23)17-18(12-2-4-13(22)5-3-12)25-21(24-14-6-7-14)26-20(17)27-28/h2-5,8-11,14H,6-7,23H2,1H3,(H,24,26,27). The number of nitrogens with zero attached hydrogens (tertiary/aromatic N) is 4. The first-order valence-corrected chi connectivity index (χ1v) is 9.73. The van der Waals surface area contributed by atoms with E-state index < -0.39 is 0 Å². The molecule has 146 valence electrons. The van der Waals surface area contributed by atoms with E-state index in [9.17, 15) is 0 Å². The van der Waals surface area contributed by atoms with E-state index in [2.05, 4.69) is 15.4 Å². The van der Waals surface area contributed by atoms with Gasteiger partial charge in [-0.25, -0.2) is 9.67 Å². The summed E-state index contributed by atoms with van der Waals surface area (Å²) in [5.41, 5.74) is 9.51. The number of rotatable bonds is 5. The Morgan fingerprint density at radius 3 is 2.45 bits per heavy atom. The molecule has 0 aliphatic heterocycles. The lowest BCUT2D eigenvalue weighted by molar-refractivity contribution is 0.414. The molecule has 0 unspecified atom stereocenters. The molecule has 7 nitrogen and oxygen atoms in total. The van der Waals surface area contributed by atoms with Gasteiger partial charge in [0, 0.05) is 16.6 Å². The van der Waals surface area contributed by atoms with Gasteiger partial charge in [-0.2, -0.15) is 4.98 Å². The van der Waals surface area contributed by atoms with Gasteiger partial charge in [0.2, 0.25) is 5.95 Å². The maximum absolute atomic E-state index is 6.52. The predicted octanol–water partition coefficient (Wildman–Crippen LogP) is 4.30. The topological polar surface area (TPSA) is 90.9 Å². The van der Waals surface area contributed by atoms with E-state index in [1.807, 2.05) is 48.5 Å². The van der Waals surface area contributed by atoms with Crippen molar-refractivity contribution in [2.24, 2.45) is 0 Å². The molecule has 4 aromatic rings. The normalized spacial score (nSPS) is 13.6.